The molecule has 1 heterocycles. The Balaban J connectivity index is 2.03. The van der Waals surface area contributed by atoms with Crippen molar-refractivity contribution in [1.29, 1.82) is 0 Å². The first-order valence-corrected chi connectivity index (χ1v) is 6.36. The molecule has 0 aliphatic carbocycles. The van der Waals surface area contributed by atoms with E-state index in [0.29, 0.717) is 15.6 Å². The molecule has 0 radical (unpaired) electrons. The van der Waals surface area contributed by atoms with Crippen molar-refractivity contribution in [3.63, 3.8) is 0 Å². The van der Waals surface area contributed by atoms with Gasteiger partial charge in [-0.05, 0) is 35.9 Å². The van der Waals surface area contributed by atoms with Crippen LogP contribution in [0.1, 0.15) is 5.56 Å². The lowest BCUT2D eigenvalue weighted by atomic mass is 10.2. The van der Waals surface area contributed by atoms with Crippen LogP contribution < -0.4 is 5.32 Å². The second-order valence-electron chi connectivity index (χ2n) is 3.85. The van der Waals surface area contributed by atoms with E-state index in [9.17, 15) is 9.18 Å². The quantitative estimate of drug-likeness (QED) is 0.864. The Hall–Kier alpha value is -1.91. The van der Waals surface area contributed by atoms with Gasteiger partial charge in [-0.3, -0.25) is 4.79 Å². The number of benzene rings is 1. The summed E-state index contributed by atoms with van der Waals surface area (Å²) in [5.74, 6) is -0.593. The highest BCUT2D eigenvalue weighted by Crippen LogP contribution is 2.21. The van der Waals surface area contributed by atoms with E-state index in [2.05, 4.69) is 10.3 Å². The van der Waals surface area contributed by atoms with Gasteiger partial charge >= 0.3 is 0 Å². The predicted octanol–water partition coefficient (Wildman–Crippen LogP) is 4.18. The van der Waals surface area contributed by atoms with Gasteiger partial charge in [0.1, 0.15) is 11.6 Å². The minimum atomic E-state index is -0.466. The van der Waals surface area contributed by atoms with E-state index in [4.69, 9.17) is 23.2 Å². The molecule has 3 nitrogen and oxygen atoms in total. The summed E-state index contributed by atoms with van der Waals surface area (Å²) >= 11 is 11.7. The third kappa shape index (κ3) is 4.05. The predicted molar refractivity (Wildman–Crippen MR) is 78.3 cm³/mol. The summed E-state index contributed by atoms with van der Waals surface area (Å²) in [5.41, 5.74) is 0.665. The summed E-state index contributed by atoms with van der Waals surface area (Å²) in [6.07, 6.45) is 3.88. The van der Waals surface area contributed by atoms with Crippen molar-refractivity contribution in [2.75, 3.05) is 5.32 Å². The molecule has 20 heavy (non-hydrogen) atoms. The number of nitrogens with zero attached hydrogens (tertiary/aromatic N) is 1. The fraction of sp³-hybridized carbons (Fsp3) is 0. The molecular weight excluding hydrogens is 302 g/mol. The number of halogens is 3. The first kappa shape index (κ1) is 14.5. The molecule has 0 saturated carbocycles. The van der Waals surface area contributed by atoms with Gasteiger partial charge in [0.25, 0.3) is 0 Å². The van der Waals surface area contributed by atoms with Crippen molar-refractivity contribution in [3.8, 4) is 0 Å². The van der Waals surface area contributed by atoms with Gasteiger partial charge in [-0.2, -0.15) is 0 Å². The van der Waals surface area contributed by atoms with Crippen molar-refractivity contribution < 1.29 is 9.18 Å². The lowest BCUT2D eigenvalue weighted by Gasteiger charge is -2.01. The van der Waals surface area contributed by atoms with E-state index in [0.717, 1.165) is 6.20 Å². The average Bonchev–Trinajstić information content (AvgIpc) is 2.40. The zero-order chi connectivity index (χ0) is 14.5. The average molecular weight is 311 g/mol. The molecule has 0 atom stereocenters. The second kappa shape index (κ2) is 6.50. The van der Waals surface area contributed by atoms with Gasteiger partial charge in [0.2, 0.25) is 5.91 Å². The number of hydrogen-bond acceptors (Lipinski definition) is 2. The molecule has 0 aliphatic heterocycles. The van der Waals surface area contributed by atoms with Crippen LogP contribution in [0.25, 0.3) is 6.08 Å². The van der Waals surface area contributed by atoms with Crippen LogP contribution in [0.2, 0.25) is 10.0 Å². The van der Waals surface area contributed by atoms with Crippen molar-refractivity contribution in [2.24, 2.45) is 0 Å². The Morgan fingerprint density at radius 1 is 1.25 bits per heavy atom. The molecule has 102 valence electrons. The molecule has 2 aromatic rings. The van der Waals surface area contributed by atoms with Crippen LogP contribution in [-0.2, 0) is 4.79 Å². The van der Waals surface area contributed by atoms with Gasteiger partial charge in [-0.15, -0.1) is 0 Å². The van der Waals surface area contributed by atoms with Crippen LogP contribution in [0.15, 0.2) is 42.6 Å². The largest absolute Gasteiger partial charge is 0.307 e. The number of carbonyl (C=O) groups is 1. The molecule has 1 aromatic carbocycles. The van der Waals surface area contributed by atoms with Gasteiger partial charge in [-0.1, -0.05) is 29.3 Å². The highest BCUT2D eigenvalue weighted by molar-refractivity contribution is 6.35. The van der Waals surface area contributed by atoms with Gasteiger partial charge in [0.15, 0.2) is 0 Å². The van der Waals surface area contributed by atoms with Crippen LogP contribution in [-0.4, -0.2) is 10.9 Å². The number of nitrogens with one attached hydrogen (secondary N) is 1. The van der Waals surface area contributed by atoms with E-state index in [-0.39, 0.29) is 5.82 Å². The number of hydrogen-bond donors (Lipinski definition) is 1. The molecule has 0 unspecified atom stereocenters. The van der Waals surface area contributed by atoms with E-state index >= 15 is 0 Å². The van der Waals surface area contributed by atoms with Gasteiger partial charge in [0, 0.05) is 16.1 Å². The summed E-state index contributed by atoms with van der Waals surface area (Å²) in [6.45, 7) is 0. The number of amides is 1. The summed E-state index contributed by atoms with van der Waals surface area (Å²) in [6, 6.07) is 7.54. The molecule has 1 aromatic heterocycles. The Labute approximate surface area is 125 Å². The Bertz CT molecular complexity index is 657. The molecule has 2 rings (SSSR count). The molecule has 0 bridgehead atoms. The standard InChI is InChI=1S/C14H9Cl2FN2O/c15-10-3-1-9(12(16)7-10)2-6-14(20)19-13-5-4-11(17)8-18-13/h1-8H,(H,18,19,20)/b6-2+. The highest BCUT2D eigenvalue weighted by Gasteiger charge is 2.01. The maximum absolute atomic E-state index is 12.7. The molecule has 0 saturated heterocycles. The van der Waals surface area contributed by atoms with Gasteiger partial charge in [0.05, 0.1) is 6.20 Å². The smallest absolute Gasteiger partial charge is 0.249 e. The number of rotatable bonds is 3. The van der Waals surface area contributed by atoms with Crippen LogP contribution in [0.3, 0.4) is 0 Å². The first-order chi connectivity index (χ1) is 9.54. The van der Waals surface area contributed by atoms with Crippen LogP contribution >= 0.6 is 23.2 Å². The van der Waals surface area contributed by atoms with Crippen molar-refractivity contribution in [1.82, 2.24) is 4.98 Å². The fourth-order valence-corrected chi connectivity index (χ4v) is 1.89. The van der Waals surface area contributed by atoms with Crippen LogP contribution in [0, 0.1) is 5.82 Å². The monoisotopic (exact) mass is 310 g/mol. The molecule has 6 heteroatoms. The lowest BCUT2D eigenvalue weighted by Crippen LogP contribution is -2.09. The Morgan fingerprint density at radius 3 is 2.70 bits per heavy atom. The summed E-state index contributed by atoms with van der Waals surface area (Å²) in [7, 11) is 0. The minimum Gasteiger partial charge on any atom is -0.307 e. The third-order valence-electron chi connectivity index (χ3n) is 2.36. The second-order valence-corrected chi connectivity index (χ2v) is 4.69. The summed E-state index contributed by atoms with van der Waals surface area (Å²) in [4.78, 5) is 15.4. The third-order valence-corrected chi connectivity index (χ3v) is 2.92. The highest BCUT2D eigenvalue weighted by atomic mass is 35.5. The first-order valence-electron chi connectivity index (χ1n) is 5.60. The molecule has 1 N–H and O–H groups in total. The number of pyridine rings is 1. The Kier molecular flexibility index (Phi) is 4.71. The van der Waals surface area contributed by atoms with E-state index in [1.54, 1.807) is 24.3 Å². The van der Waals surface area contributed by atoms with E-state index < -0.39 is 11.7 Å². The summed E-state index contributed by atoms with van der Waals surface area (Å²) in [5, 5.41) is 3.46. The maximum atomic E-state index is 12.7. The fourth-order valence-electron chi connectivity index (χ4n) is 1.42. The normalized spacial score (nSPS) is 10.8. The molecular formula is C14H9Cl2FN2O. The molecule has 0 aliphatic rings. The SMILES string of the molecule is O=C(/C=C/c1ccc(Cl)cc1Cl)Nc1ccc(F)cn1. The van der Waals surface area contributed by atoms with Crippen molar-refractivity contribution in [2.45, 2.75) is 0 Å². The van der Waals surface area contributed by atoms with E-state index in [1.165, 1.54) is 18.2 Å². The van der Waals surface area contributed by atoms with Gasteiger partial charge in [-0.25, -0.2) is 9.37 Å². The summed E-state index contributed by atoms with van der Waals surface area (Å²) < 4.78 is 12.7. The number of carbonyl (C=O) groups excluding carboxylic acids is 1. The minimum absolute atomic E-state index is 0.267. The van der Waals surface area contributed by atoms with Crippen molar-refractivity contribution in [3.05, 3.63) is 64.0 Å². The zero-order valence-electron chi connectivity index (χ0n) is 10.1. The lowest BCUT2D eigenvalue weighted by molar-refractivity contribution is -0.111. The van der Waals surface area contributed by atoms with Crippen LogP contribution in [0.5, 0.6) is 0 Å². The number of anilines is 1. The van der Waals surface area contributed by atoms with Crippen LogP contribution in [0.4, 0.5) is 10.2 Å². The van der Waals surface area contributed by atoms with Gasteiger partial charge < -0.3 is 5.32 Å². The number of aromatic nitrogens is 1. The Morgan fingerprint density at radius 2 is 2.05 bits per heavy atom. The maximum Gasteiger partial charge on any atom is 0.249 e. The zero-order valence-corrected chi connectivity index (χ0v) is 11.6. The van der Waals surface area contributed by atoms with E-state index in [1.807, 2.05) is 0 Å². The molecule has 1 amide bonds. The topological polar surface area (TPSA) is 42.0 Å². The molecule has 0 spiro atoms. The molecule has 0 fully saturated rings. The van der Waals surface area contributed by atoms with Crippen molar-refractivity contribution >= 4 is 41.0 Å².